The lowest BCUT2D eigenvalue weighted by molar-refractivity contribution is 0.0893. The Morgan fingerprint density at radius 2 is 2.00 bits per heavy atom. The van der Waals surface area contributed by atoms with Crippen LogP contribution < -0.4 is 5.73 Å². The summed E-state index contributed by atoms with van der Waals surface area (Å²) in [5.41, 5.74) is 9.38. The van der Waals surface area contributed by atoms with Gasteiger partial charge in [0.15, 0.2) is 0 Å². The molecule has 1 amide bonds. The van der Waals surface area contributed by atoms with Crippen LogP contribution in [-0.2, 0) is 11.5 Å². The molecule has 0 radical (unpaired) electrons. The number of benzene rings is 1. The van der Waals surface area contributed by atoms with Gasteiger partial charge >= 0.3 is 0 Å². The minimum atomic E-state index is -1.29. The molecule has 0 bridgehead atoms. The van der Waals surface area contributed by atoms with E-state index in [4.69, 9.17) is 22.1 Å². The second-order valence-corrected chi connectivity index (χ2v) is 15.2. The predicted octanol–water partition coefficient (Wildman–Crippen LogP) is 5.90. The van der Waals surface area contributed by atoms with Gasteiger partial charge in [0.1, 0.15) is 18.2 Å². The molecule has 6 nitrogen and oxygen atoms in total. The third-order valence-electron chi connectivity index (χ3n) is 5.50. The normalized spacial score (nSPS) is 11.9. The van der Waals surface area contributed by atoms with Gasteiger partial charge in [-0.15, -0.1) is 0 Å². The van der Waals surface area contributed by atoms with E-state index in [0.29, 0.717) is 17.9 Å². The van der Waals surface area contributed by atoms with Crippen LogP contribution >= 0.6 is 11.6 Å². The number of nitrogens with one attached hydrogen (secondary N) is 1. The third-order valence-corrected chi connectivity index (χ3v) is 7.52. The average molecular weight is 485 g/mol. The minimum absolute atomic E-state index is 0.185. The first-order chi connectivity index (χ1) is 15.7. The van der Waals surface area contributed by atoms with Crippen LogP contribution in [-0.4, -0.2) is 35.1 Å². The molecule has 0 aliphatic rings. The third kappa shape index (κ3) is 4.87. The van der Waals surface area contributed by atoms with E-state index in [-0.39, 0.29) is 17.3 Å². The van der Waals surface area contributed by atoms with Gasteiger partial charge in [-0.25, -0.2) is 9.37 Å². The lowest BCUT2D eigenvalue weighted by Gasteiger charge is -2.19. The van der Waals surface area contributed by atoms with Crippen molar-refractivity contribution in [2.24, 2.45) is 5.73 Å². The quantitative estimate of drug-likeness (QED) is 0.241. The van der Waals surface area contributed by atoms with Gasteiger partial charge in [0, 0.05) is 43.6 Å². The molecule has 0 saturated carbocycles. The number of aromatic amines is 1. The fourth-order valence-electron chi connectivity index (χ4n) is 3.78. The topological polar surface area (TPSA) is 85.9 Å². The van der Waals surface area contributed by atoms with E-state index < -0.39 is 19.8 Å². The van der Waals surface area contributed by atoms with E-state index in [9.17, 15) is 9.18 Å². The maximum atomic E-state index is 13.8. The first-order valence-electron chi connectivity index (χ1n) is 10.6. The Morgan fingerprint density at radius 1 is 1.21 bits per heavy atom. The summed E-state index contributed by atoms with van der Waals surface area (Å²) in [6, 6.07) is 10.6. The van der Waals surface area contributed by atoms with Gasteiger partial charge in [-0.3, -0.25) is 4.79 Å². The van der Waals surface area contributed by atoms with Crippen LogP contribution in [0.4, 0.5) is 4.39 Å². The number of aromatic nitrogens is 3. The van der Waals surface area contributed by atoms with Gasteiger partial charge in [-0.2, -0.15) is 0 Å². The number of H-pyrrole nitrogens is 1. The van der Waals surface area contributed by atoms with Crippen molar-refractivity contribution in [2.45, 2.75) is 32.4 Å². The zero-order chi connectivity index (χ0) is 23.8. The first-order valence-corrected chi connectivity index (χ1v) is 14.7. The number of pyridine rings is 1. The van der Waals surface area contributed by atoms with Crippen molar-refractivity contribution in [3.05, 3.63) is 65.2 Å². The van der Waals surface area contributed by atoms with E-state index in [2.05, 4.69) is 29.6 Å². The summed E-state index contributed by atoms with van der Waals surface area (Å²) in [7, 11) is -1.29. The van der Waals surface area contributed by atoms with Gasteiger partial charge < -0.3 is 20.0 Å². The highest BCUT2D eigenvalue weighted by atomic mass is 35.5. The van der Waals surface area contributed by atoms with Crippen LogP contribution in [0.1, 0.15) is 10.4 Å². The maximum Gasteiger partial charge on any atom is 0.250 e. The highest BCUT2D eigenvalue weighted by Crippen LogP contribution is 2.38. The van der Waals surface area contributed by atoms with Crippen molar-refractivity contribution in [2.75, 3.05) is 6.61 Å². The molecule has 3 aromatic heterocycles. The number of rotatable bonds is 8. The largest absolute Gasteiger partial charge is 0.366 e. The summed E-state index contributed by atoms with van der Waals surface area (Å²) in [6.07, 6.45) is 3.51. The summed E-state index contributed by atoms with van der Waals surface area (Å²) >= 11 is 6.41. The van der Waals surface area contributed by atoms with Crippen LogP contribution in [0, 0.1) is 5.82 Å². The SMILES string of the molecule is C[Si](C)(C)CCOCn1c(-c2ccnc3[nH]ccc23)cc(C(N)=O)c1-c1ccc(F)cc1Cl. The second kappa shape index (κ2) is 9.13. The Balaban J connectivity index is 1.90. The van der Waals surface area contributed by atoms with Crippen LogP contribution in [0.25, 0.3) is 33.5 Å². The minimum Gasteiger partial charge on any atom is -0.366 e. The van der Waals surface area contributed by atoms with Crippen molar-refractivity contribution < 1.29 is 13.9 Å². The average Bonchev–Trinajstić information content (AvgIpc) is 3.35. The van der Waals surface area contributed by atoms with Crippen molar-refractivity contribution in [3.63, 3.8) is 0 Å². The summed E-state index contributed by atoms with van der Waals surface area (Å²) in [6.45, 7) is 7.63. The van der Waals surface area contributed by atoms with Gasteiger partial charge in [-0.1, -0.05) is 31.2 Å². The molecule has 0 fully saturated rings. The smallest absolute Gasteiger partial charge is 0.250 e. The van der Waals surface area contributed by atoms with Crippen LogP contribution in [0.5, 0.6) is 0 Å². The van der Waals surface area contributed by atoms with Crippen LogP contribution in [0.2, 0.25) is 30.7 Å². The van der Waals surface area contributed by atoms with E-state index in [0.717, 1.165) is 28.3 Å². The Labute approximate surface area is 197 Å². The Hall–Kier alpha value is -2.94. The highest BCUT2D eigenvalue weighted by Gasteiger charge is 2.24. The standard InChI is InChI=1S/C24H26ClFN4O2Si/c1-33(2,3)11-10-32-14-30-21(16-6-8-28-24-17(16)7-9-29-24)13-19(23(27)31)22(30)18-5-4-15(26)12-20(18)25/h4-9,12-13H,10-11,14H2,1-3H3,(H2,27,31)(H,28,29). The van der Waals surface area contributed by atoms with Gasteiger partial charge in [0.25, 0.3) is 5.91 Å². The Morgan fingerprint density at radius 3 is 2.70 bits per heavy atom. The molecule has 3 N–H and O–H groups in total. The molecule has 1 aromatic carbocycles. The molecule has 0 unspecified atom stereocenters. The summed E-state index contributed by atoms with van der Waals surface area (Å²) in [4.78, 5) is 20.0. The summed E-state index contributed by atoms with van der Waals surface area (Å²) < 4.78 is 21.7. The predicted molar refractivity (Wildman–Crippen MR) is 133 cm³/mol. The molecule has 172 valence electrons. The fourth-order valence-corrected chi connectivity index (χ4v) is 4.80. The van der Waals surface area contributed by atoms with E-state index in [1.54, 1.807) is 18.3 Å². The zero-order valence-corrected chi connectivity index (χ0v) is 20.5. The first kappa shape index (κ1) is 23.2. The number of fused-ring (bicyclic) bond motifs is 1. The molecule has 3 heterocycles. The van der Waals surface area contributed by atoms with E-state index in [1.807, 2.05) is 22.9 Å². The number of amides is 1. The Kier molecular flexibility index (Phi) is 6.42. The van der Waals surface area contributed by atoms with Gasteiger partial charge in [0.05, 0.1) is 22.0 Å². The summed E-state index contributed by atoms with van der Waals surface area (Å²) in [5.74, 6) is -1.07. The molecule has 9 heteroatoms. The van der Waals surface area contributed by atoms with Crippen molar-refractivity contribution in [3.8, 4) is 22.5 Å². The number of carbonyl (C=O) groups is 1. The van der Waals surface area contributed by atoms with Crippen molar-refractivity contribution in [1.29, 1.82) is 0 Å². The maximum absolute atomic E-state index is 13.8. The highest BCUT2D eigenvalue weighted by molar-refractivity contribution is 6.76. The molecular formula is C24H26ClFN4O2Si. The number of primary amides is 1. The molecule has 33 heavy (non-hydrogen) atoms. The molecular weight excluding hydrogens is 459 g/mol. The van der Waals surface area contributed by atoms with Crippen LogP contribution in [0.3, 0.4) is 0 Å². The van der Waals surface area contributed by atoms with Crippen molar-refractivity contribution >= 4 is 36.6 Å². The zero-order valence-electron chi connectivity index (χ0n) is 18.8. The number of halogens is 2. The van der Waals surface area contributed by atoms with E-state index in [1.165, 1.54) is 12.1 Å². The van der Waals surface area contributed by atoms with E-state index >= 15 is 0 Å². The fraction of sp³-hybridized carbons (Fsp3) is 0.250. The Bertz CT molecular complexity index is 1330. The number of nitrogens with two attached hydrogens (primary N) is 1. The molecule has 4 rings (SSSR count). The molecule has 0 aliphatic carbocycles. The number of nitrogens with zero attached hydrogens (tertiary/aromatic N) is 2. The molecule has 0 aliphatic heterocycles. The van der Waals surface area contributed by atoms with Gasteiger partial charge in [-0.05, 0) is 42.4 Å². The number of hydrogen-bond acceptors (Lipinski definition) is 3. The molecule has 4 aromatic rings. The summed E-state index contributed by atoms with van der Waals surface area (Å²) in [5, 5.41) is 1.08. The monoisotopic (exact) mass is 484 g/mol. The molecule has 0 spiro atoms. The number of hydrogen-bond donors (Lipinski definition) is 2. The molecule has 0 saturated heterocycles. The van der Waals surface area contributed by atoms with Crippen molar-refractivity contribution in [1.82, 2.24) is 14.5 Å². The lowest BCUT2D eigenvalue weighted by Crippen LogP contribution is -2.22. The molecule has 0 atom stereocenters. The number of carbonyl (C=O) groups excluding carboxylic acids is 1. The number of ether oxygens (including phenoxy) is 1. The second-order valence-electron chi connectivity index (χ2n) is 9.15. The lowest BCUT2D eigenvalue weighted by atomic mass is 10.1. The van der Waals surface area contributed by atoms with Crippen LogP contribution in [0.15, 0.2) is 48.8 Å². The van der Waals surface area contributed by atoms with Gasteiger partial charge in [0.2, 0.25) is 0 Å².